The SMILES string of the molecule is COc1ccccc1[C@@H](C)NC1CCCC(C(C)C)C1. The molecule has 0 saturated heterocycles. The summed E-state index contributed by atoms with van der Waals surface area (Å²) < 4.78 is 5.47. The largest absolute Gasteiger partial charge is 0.496 e. The lowest BCUT2D eigenvalue weighted by Gasteiger charge is -2.34. The summed E-state index contributed by atoms with van der Waals surface area (Å²) in [5, 5.41) is 3.81. The predicted octanol–water partition coefficient (Wildman–Crippen LogP) is 4.56. The van der Waals surface area contributed by atoms with Gasteiger partial charge >= 0.3 is 0 Å². The highest BCUT2D eigenvalue weighted by molar-refractivity contribution is 5.35. The van der Waals surface area contributed by atoms with Gasteiger partial charge < -0.3 is 10.1 Å². The van der Waals surface area contributed by atoms with Gasteiger partial charge in [0.05, 0.1) is 7.11 Å². The summed E-state index contributed by atoms with van der Waals surface area (Å²) in [5.74, 6) is 2.68. The number of para-hydroxylation sites is 1. The van der Waals surface area contributed by atoms with Crippen LogP contribution in [-0.4, -0.2) is 13.2 Å². The first kappa shape index (κ1) is 15.4. The molecule has 2 heteroatoms. The molecule has 3 atom stereocenters. The van der Waals surface area contributed by atoms with Crippen LogP contribution in [-0.2, 0) is 0 Å². The molecule has 1 aliphatic rings. The zero-order valence-corrected chi connectivity index (χ0v) is 13.4. The standard InChI is InChI=1S/C18H29NO/c1-13(2)15-8-7-9-16(12-15)19-14(3)17-10-5-6-11-18(17)20-4/h5-6,10-11,13-16,19H,7-9,12H2,1-4H3/t14-,15?,16?/m1/s1. The average Bonchev–Trinajstić information content (AvgIpc) is 2.47. The smallest absolute Gasteiger partial charge is 0.123 e. The van der Waals surface area contributed by atoms with Gasteiger partial charge in [-0.25, -0.2) is 0 Å². The van der Waals surface area contributed by atoms with Crippen molar-refractivity contribution in [2.45, 2.75) is 58.5 Å². The maximum Gasteiger partial charge on any atom is 0.123 e. The van der Waals surface area contributed by atoms with Crippen molar-refractivity contribution in [3.8, 4) is 5.75 Å². The molecule has 1 aliphatic carbocycles. The van der Waals surface area contributed by atoms with E-state index in [0.29, 0.717) is 12.1 Å². The normalized spacial score (nSPS) is 24.6. The van der Waals surface area contributed by atoms with Gasteiger partial charge in [-0.15, -0.1) is 0 Å². The molecule has 1 aromatic carbocycles. The third-order valence-corrected chi connectivity index (χ3v) is 4.75. The lowest BCUT2D eigenvalue weighted by atomic mass is 9.79. The second-order valence-electron chi connectivity index (χ2n) is 6.50. The Morgan fingerprint density at radius 2 is 1.90 bits per heavy atom. The summed E-state index contributed by atoms with van der Waals surface area (Å²) in [4.78, 5) is 0. The minimum atomic E-state index is 0.349. The molecule has 1 aromatic rings. The number of hydrogen-bond donors (Lipinski definition) is 1. The Hall–Kier alpha value is -1.02. The number of nitrogens with one attached hydrogen (secondary N) is 1. The average molecular weight is 275 g/mol. The number of benzene rings is 1. The summed E-state index contributed by atoms with van der Waals surface area (Å²) in [7, 11) is 1.75. The highest BCUT2D eigenvalue weighted by atomic mass is 16.5. The fourth-order valence-electron chi connectivity index (χ4n) is 3.45. The van der Waals surface area contributed by atoms with Crippen LogP contribution >= 0.6 is 0 Å². The van der Waals surface area contributed by atoms with E-state index < -0.39 is 0 Å². The fourth-order valence-corrected chi connectivity index (χ4v) is 3.45. The molecule has 0 amide bonds. The van der Waals surface area contributed by atoms with Crippen LogP contribution in [0.5, 0.6) is 5.75 Å². The fraction of sp³-hybridized carbons (Fsp3) is 0.667. The molecule has 20 heavy (non-hydrogen) atoms. The number of rotatable bonds is 5. The van der Waals surface area contributed by atoms with Crippen molar-refractivity contribution in [3.05, 3.63) is 29.8 Å². The van der Waals surface area contributed by atoms with Crippen molar-refractivity contribution in [2.75, 3.05) is 7.11 Å². The summed E-state index contributed by atoms with van der Waals surface area (Å²) >= 11 is 0. The molecule has 0 aromatic heterocycles. The van der Waals surface area contributed by atoms with Crippen LogP contribution in [0.4, 0.5) is 0 Å². The highest BCUT2D eigenvalue weighted by Crippen LogP contribution is 2.32. The van der Waals surface area contributed by atoms with E-state index in [1.165, 1.54) is 31.2 Å². The number of ether oxygens (including phenoxy) is 1. The summed E-state index contributed by atoms with van der Waals surface area (Å²) in [6.45, 7) is 6.96. The first-order valence-electron chi connectivity index (χ1n) is 8.00. The molecular weight excluding hydrogens is 246 g/mol. The first-order valence-corrected chi connectivity index (χ1v) is 8.00. The van der Waals surface area contributed by atoms with Gasteiger partial charge in [0.15, 0.2) is 0 Å². The molecule has 0 radical (unpaired) electrons. The van der Waals surface area contributed by atoms with Crippen LogP contribution in [0.15, 0.2) is 24.3 Å². The van der Waals surface area contributed by atoms with Crippen LogP contribution in [0, 0.1) is 11.8 Å². The van der Waals surface area contributed by atoms with E-state index in [1.807, 2.05) is 12.1 Å². The van der Waals surface area contributed by atoms with Crippen LogP contribution in [0.2, 0.25) is 0 Å². The predicted molar refractivity (Wildman–Crippen MR) is 85.1 cm³/mol. The van der Waals surface area contributed by atoms with Gasteiger partial charge in [0.25, 0.3) is 0 Å². The van der Waals surface area contributed by atoms with E-state index in [-0.39, 0.29) is 0 Å². The highest BCUT2D eigenvalue weighted by Gasteiger charge is 2.25. The van der Waals surface area contributed by atoms with E-state index in [4.69, 9.17) is 4.74 Å². The summed E-state index contributed by atoms with van der Waals surface area (Å²) in [6.07, 6.45) is 5.39. The molecular formula is C18H29NO. The van der Waals surface area contributed by atoms with Crippen molar-refractivity contribution in [1.82, 2.24) is 5.32 Å². The van der Waals surface area contributed by atoms with Gasteiger partial charge in [0.1, 0.15) is 5.75 Å². The molecule has 2 unspecified atom stereocenters. The van der Waals surface area contributed by atoms with E-state index in [1.54, 1.807) is 7.11 Å². The van der Waals surface area contributed by atoms with Gasteiger partial charge in [-0.2, -0.15) is 0 Å². The molecule has 0 aliphatic heterocycles. The van der Waals surface area contributed by atoms with Crippen molar-refractivity contribution in [2.24, 2.45) is 11.8 Å². The van der Waals surface area contributed by atoms with Crippen molar-refractivity contribution >= 4 is 0 Å². The zero-order chi connectivity index (χ0) is 14.5. The second kappa shape index (κ2) is 7.12. The van der Waals surface area contributed by atoms with E-state index in [0.717, 1.165) is 17.6 Å². The lowest BCUT2D eigenvalue weighted by molar-refractivity contribution is 0.222. The number of hydrogen-bond acceptors (Lipinski definition) is 2. The third kappa shape index (κ3) is 3.76. The van der Waals surface area contributed by atoms with Crippen molar-refractivity contribution < 1.29 is 4.74 Å². The monoisotopic (exact) mass is 275 g/mol. The first-order chi connectivity index (χ1) is 9.61. The van der Waals surface area contributed by atoms with Gasteiger partial charge in [0.2, 0.25) is 0 Å². The molecule has 112 valence electrons. The molecule has 2 rings (SSSR count). The van der Waals surface area contributed by atoms with Crippen LogP contribution in [0.1, 0.15) is 58.1 Å². The van der Waals surface area contributed by atoms with Crippen molar-refractivity contribution in [3.63, 3.8) is 0 Å². The summed E-state index contributed by atoms with van der Waals surface area (Å²) in [5.41, 5.74) is 1.27. The molecule has 1 saturated carbocycles. The molecule has 0 heterocycles. The Morgan fingerprint density at radius 3 is 2.60 bits per heavy atom. The molecule has 0 spiro atoms. The van der Waals surface area contributed by atoms with E-state index >= 15 is 0 Å². The van der Waals surface area contributed by atoms with E-state index in [9.17, 15) is 0 Å². The number of methoxy groups -OCH3 is 1. The quantitative estimate of drug-likeness (QED) is 0.850. The third-order valence-electron chi connectivity index (χ3n) is 4.75. The molecule has 1 fully saturated rings. The Labute approximate surface area is 123 Å². The van der Waals surface area contributed by atoms with Gasteiger partial charge in [-0.05, 0) is 37.7 Å². The van der Waals surface area contributed by atoms with Crippen LogP contribution in [0.3, 0.4) is 0 Å². The minimum Gasteiger partial charge on any atom is -0.496 e. The Morgan fingerprint density at radius 1 is 1.15 bits per heavy atom. The van der Waals surface area contributed by atoms with Gasteiger partial charge in [-0.1, -0.05) is 44.9 Å². The van der Waals surface area contributed by atoms with Crippen molar-refractivity contribution in [1.29, 1.82) is 0 Å². The topological polar surface area (TPSA) is 21.3 Å². The minimum absolute atomic E-state index is 0.349. The zero-order valence-electron chi connectivity index (χ0n) is 13.4. The van der Waals surface area contributed by atoms with E-state index in [2.05, 4.69) is 38.2 Å². The second-order valence-corrected chi connectivity index (χ2v) is 6.50. The lowest BCUT2D eigenvalue weighted by Crippen LogP contribution is -2.37. The Bertz CT molecular complexity index is 416. The summed E-state index contributed by atoms with van der Waals surface area (Å²) in [6, 6.07) is 9.33. The van der Waals surface area contributed by atoms with Gasteiger partial charge in [0, 0.05) is 17.6 Å². The molecule has 2 nitrogen and oxygen atoms in total. The maximum absolute atomic E-state index is 5.47. The van der Waals surface area contributed by atoms with Crippen LogP contribution in [0.25, 0.3) is 0 Å². The maximum atomic E-state index is 5.47. The Kier molecular flexibility index (Phi) is 5.47. The molecule has 1 N–H and O–H groups in total. The van der Waals surface area contributed by atoms with Gasteiger partial charge in [-0.3, -0.25) is 0 Å². The molecule has 0 bridgehead atoms. The Balaban J connectivity index is 1.98. The van der Waals surface area contributed by atoms with Crippen LogP contribution < -0.4 is 10.1 Å².